The van der Waals surface area contributed by atoms with Crippen LogP contribution < -0.4 is 15.4 Å². The minimum Gasteiger partial charge on any atom is -0.369 e. The number of benzene rings is 1. The van der Waals surface area contributed by atoms with E-state index >= 15 is 0 Å². The van der Waals surface area contributed by atoms with Gasteiger partial charge >= 0.3 is 0 Å². The molecule has 0 saturated carbocycles. The first-order valence-electron chi connectivity index (χ1n) is 8.46. The zero-order valence-electron chi connectivity index (χ0n) is 15.1. The number of sulfonamides is 1. The molecule has 0 amide bonds. The van der Waals surface area contributed by atoms with E-state index in [1.165, 1.54) is 18.2 Å². The van der Waals surface area contributed by atoms with Gasteiger partial charge in [-0.05, 0) is 31.2 Å². The van der Waals surface area contributed by atoms with Crippen molar-refractivity contribution in [3.05, 3.63) is 66.4 Å². The molecule has 2 heterocycles. The maximum absolute atomic E-state index is 13.7. The van der Waals surface area contributed by atoms with Crippen molar-refractivity contribution in [1.29, 1.82) is 0 Å². The minimum absolute atomic E-state index is 0.0583. The molecule has 0 bridgehead atoms. The summed E-state index contributed by atoms with van der Waals surface area (Å²) in [6, 6.07) is 12.4. The van der Waals surface area contributed by atoms with Crippen LogP contribution in [-0.4, -0.2) is 36.5 Å². The van der Waals surface area contributed by atoms with Gasteiger partial charge in [-0.1, -0.05) is 18.2 Å². The second-order valence-electron chi connectivity index (χ2n) is 5.78. The first kappa shape index (κ1) is 19.6. The molecule has 3 aromatic rings. The first-order valence-corrected chi connectivity index (χ1v) is 9.94. The molecule has 0 aliphatic carbocycles. The Balaban J connectivity index is 1.58. The molecular weight excluding hydrogens is 383 g/mol. The predicted octanol–water partition coefficient (Wildman–Crippen LogP) is 2.45. The predicted molar refractivity (Wildman–Crippen MR) is 104 cm³/mol. The van der Waals surface area contributed by atoms with Crippen LogP contribution in [0.1, 0.15) is 5.82 Å². The van der Waals surface area contributed by atoms with Crippen LogP contribution in [0.2, 0.25) is 0 Å². The van der Waals surface area contributed by atoms with Crippen molar-refractivity contribution in [2.24, 2.45) is 0 Å². The van der Waals surface area contributed by atoms with E-state index in [0.717, 1.165) is 6.07 Å². The lowest BCUT2D eigenvalue weighted by molar-refractivity contribution is 0.558. The van der Waals surface area contributed by atoms with Gasteiger partial charge in [0.2, 0.25) is 10.0 Å². The van der Waals surface area contributed by atoms with E-state index in [1.54, 1.807) is 19.2 Å². The number of aromatic nitrogens is 3. The summed E-state index contributed by atoms with van der Waals surface area (Å²) in [5, 5.41) is 6.09. The molecule has 0 spiro atoms. The van der Waals surface area contributed by atoms with Gasteiger partial charge in [0.05, 0.1) is 0 Å². The number of nitrogens with one attached hydrogen (secondary N) is 3. The Morgan fingerprint density at radius 1 is 0.964 bits per heavy atom. The summed E-state index contributed by atoms with van der Waals surface area (Å²) in [6.45, 7) is 2.06. The van der Waals surface area contributed by atoms with E-state index in [4.69, 9.17) is 0 Å². The number of pyridine rings is 1. The lowest BCUT2D eigenvalue weighted by Gasteiger charge is -2.11. The van der Waals surface area contributed by atoms with Crippen molar-refractivity contribution in [3.8, 4) is 0 Å². The highest BCUT2D eigenvalue weighted by molar-refractivity contribution is 7.89. The van der Waals surface area contributed by atoms with Crippen LogP contribution >= 0.6 is 0 Å². The average molecular weight is 402 g/mol. The summed E-state index contributed by atoms with van der Waals surface area (Å²) < 4.78 is 40.3. The van der Waals surface area contributed by atoms with Crippen molar-refractivity contribution < 1.29 is 12.8 Å². The third kappa shape index (κ3) is 5.21. The summed E-state index contributed by atoms with van der Waals surface area (Å²) in [7, 11) is -3.92. The van der Waals surface area contributed by atoms with Crippen molar-refractivity contribution in [2.75, 3.05) is 23.7 Å². The van der Waals surface area contributed by atoms with Crippen molar-refractivity contribution in [1.82, 2.24) is 19.7 Å². The van der Waals surface area contributed by atoms with Gasteiger partial charge in [-0.2, -0.15) is 0 Å². The second-order valence-corrected chi connectivity index (χ2v) is 7.52. The van der Waals surface area contributed by atoms with Crippen molar-refractivity contribution >= 4 is 27.5 Å². The highest BCUT2D eigenvalue weighted by atomic mass is 32.2. The van der Waals surface area contributed by atoms with E-state index < -0.39 is 15.8 Å². The van der Waals surface area contributed by atoms with Crippen molar-refractivity contribution in [2.45, 2.75) is 11.8 Å². The average Bonchev–Trinajstić information content (AvgIpc) is 2.66. The lowest BCUT2D eigenvalue weighted by Crippen LogP contribution is -2.29. The molecule has 1 aromatic carbocycles. The number of anilines is 3. The highest BCUT2D eigenvalue weighted by Gasteiger charge is 2.17. The second kappa shape index (κ2) is 8.72. The van der Waals surface area contributed by atoms with Gasteiger partial charge in [-0.15, -0.1) is 0 Å². The molecule has 10 heteroatoms. The monoisotopic (exact) mass is 402 g/mol. The molecule has 3 rings (SSSR count). The third-order valence-corrected chi connectivity index (χ3v) is 5.10. The van der Waals surface area contributed by atoms with Crippen molar-refractivity contribution in [3.63, 3.8) is 0 Å². The molecule has 0 radical (unpaired) electrons. The number of halogens is 1. The van der Waals surface area contributed by atoms with E-state index in [2.05, 4.69) is 30.3 Å². The molecule has 3 N–H and O–H groups in total. The van der Waals surface area contributed by atoms with Crippen LogP contribution in [0.3, 0.4) is 0 Å². The van der Waals surface area contributed by atoms with Gasteiger partial charge in [0.15, 0.2) is 0 Å². The van der Waals surface area contributed by atoms with Gasteiger partial charge in [0.25, 0.3) is 0 Å². The fourth-order valence-corrected chi connectivity index (χ4v) is 3.52. The molecule has 0 aliphatic rings. The van der Waals surface area contributed by atoms with E-state index in [-0.39, 0.29) is 18.0 Å². The van der Waals surface area contributed by atoms with Gasteiger partial charge in [-0.3, -0.25) is 0 Å². The highest BCUT2D eigenvalue weighted by Crippen LogP contribution is 2.16. The molecule has 0 atom stereocenters. The summed E-state index contributed by atoms with van der Waals surface area (Å²) in [4.78, 5) is 12.3. The first-order chi connectivity index (χ1) is 13.4. The number of aryl methyl sites for hydroxylation is 1. The van der Waals surface area contributed by atoms with Crippen LogP contribution in [0.4, 0.5) is 21.8 Å². The Morgan fingerprint density at radius 3 is 2.46 bits per heavy atom. The van der Waals surface area contributed by atoms with Crippen LogP contribution in [0.15, 0.2) is 59.6 Å². The molecule has 28 heavy (non-hydrogen) atoms. The largest absolute Gasteiger partial charge is 0.369 e. The summed E-state index contributed by atoms with van der Waals surface area (Å²) >= 11 is 0. The normalized spacial score (nSPS) is 11.2. The Kier molecular flexibility index (Phi) is 6.12. The van der Waals surface area contributed by atoms with Crippen LogP contribution in [0, 0.1) is 12.7 Å². The van der Waals surface area contributed by atoms with Crippen LogP contribution in [0.25, 0.3) is 0 Å². The molecule has 2 aromatic heterocycles. The van der Waals surface area contributed by atoms with Gasteiger partial charge in [0, 0.05) is 25.4 Å². The Hall–Kier alpha value is -3.11. The number of hydrogen-bond donors (Lipinski definition) is 3. The van der Waals surface area contributed by atoms with Crippen LogP contribution in [-0.2, 0) is 10.0 Å². The van der Waals surface area contributed by atoms with Gasteiger partial charge in [-0.25, -0.2) is 32.5 Å². The molecular formula is C18H19FN6O2S. The maximum atomic E-state index is 13.7. The topological polar surface area (TPSA) is 109 Å². The Bertz CT molecular complexity index is 1050. The van der Waals surface area contributed by atoms with Gasteiger partial charge < -0.3 is 10.6 Å². The summed E-state index contributed by atoms with van der Waals surface area (Å²) in [5.74, 6) is 1.47. The minimum atomic E-state index is -3.92. The van der Waals surface area contributed by atoms with E-state index in [1.807, 2.05) is 18.2 Å². The fourth-order valence-electron chi connectivity index (χ4n) is 2.41. The molecule has 0 fully saturated rings. The smallest absolute Gasteiger partial charge is 0.243 e. The lowest BCUT2D eigenvalue weighted by atomic mass is 10.4. The standard InChI is InChI=1S/C18H19FN6O2S/c1-13-23-17(12-18(24-13)25-16-8-4-5-9-20-16)21-10-11-22-28(26,27)15-7-3-2-6-14(15)19/h2-9,12,22H,10-11H2,1H3,(H2,20,21,23,24,25). The molecule has 0 unspecified atom stereocenters. The Labute approximate surface area is 162 Å². The molecule has 8 nitrogen and oxygen atoms in total. The van der Waals surface area contributed by atoms with Gasteiger partial charge in [0.1, 0.15) is 34.0 Å². The number of rotatable bonds is 8. The zero-order chi connectivity index (χ0) is 20.0. The number of hydrogen-bond acceptors (Lipinski definition) is 7. The van der Waals surface area contributed by atoms with Crippen LogP contribution in [0.5, 0.6) is 0 Å². The summed E-state index contributed by atoms with van der Waals surface area (Å²) in [5.41, 5.74) is 0. The quantitative estimate of drug-likeness (QED) is 0.497. The summed E-state index contributed by atoms with van der Waals surface area (Å²) in [6.07, 6.45) is 1.66. The number of nitrogens with zero attached hydrogens (tertiary/aromatic N) is 3. The molecule has 0 saturated heterocycles. The Morgan fingerprint density at radius 2 is 1.71 bits per heavy atom. The third-order valence-electron chi connectivity index (χ3n) is 3.61. The SMILES string of the molecule is Cc1nc(NCCNS(=O)(=O)c2ccccc2F)cc(Nc2ccccn2)n1. The van der Waals surface area contributed by atoms with E-state index in [0.29, 0.717) is 23.3 Å². The molecule has 146 valence electrons. The molecule has 0 aliphatic heterocycles. The van der Waals surface area contributed by atoms with E-state index in [9.17, 15) is 12.8 Å². The zero-order valence-corrected chi connectivity index (χ0v) is 15.9. The maximum Gasteiger partial charge on any atom is 0.243 e. The fraction of sp³-hybridized carbons (Fsp3) is 0.167.